The molecule has 2 fully saturated rings. The highest BCUT2D eigenvalue weighted by atomic mass is 32.1. The van der Waals surface area contributed by atoms with Crippen LogP contribution in [0.25, 0.3) is 0 Å². The van der Waals surface area contributed by atoms with Crippen molar-refractivity contribution in [3.63, 3.8) is 0 Å². The number of hydrogen-bond acceptors (Lipinski definition) is 5. The van der Waals surface area contributed by atoms with Gasteiger partial charge in [0, 0.05) is 13.1 Å². The average molecular weight is 365 g/mol. The number of ether oxygens (including phenoxy) is 1. The van der Waals surface area contributed by atoms with Gasteiger partial charge in [0.15, 0.2) is 5.11 Å². The highest BCUT2D eigenvalue weighted by Crippen LogP contribution is 2.24. The van der Waals surface area contributed by atoms with Crippen molar-refractivity contribution in [3.8, 4) is 0 Å². The van der Waals surface area contributed by atoms with Crippen LogP contribution in [0.1, 0.15) is 33.6 Å². The SMILES string of the molecule is C=CCN1C(=O)/C(=C/C2CCCN2C(=O)OC(C)(C)C)C(=O)NC1=S. The fraction of sp³-hybridized carbons (Fsp3) is 0.529. The van der Waals surface area contributed by atoms with Gasteiger partial charge in [-0.15, -0.1) is 6.58 Å². The summed E-state index contributed by atoms with van der Waals surface area (Å²) in [5.74, 6) is -1.03. The van der Waals surface area contributed by atoms with Crippen LogP contribution < -0.4 is 5.32 Å². The second-order valence-corrected chi connectivity index (χ2v) is 7.31. The van der Waals surface area contributed by atoms with Gasteiger partial charge in [-0.05, 0) is 51.9 Å². The number of carbonyl (C=O) groups excluding carboxylic acids is 3. The maximum atomic E-state index is 12.6. The Bertz CT molecular complexity index is 651. The maximum absolute atomic E-state index is 12.6. The summed E-state index contributed by atoms with van der Waals surface area (Å²) >= 11 is 5.02. The highest BCUT2D eigenvalue weighted by Gasteiger charge is 2.36. The first-order valence-electron chi connectivity index (χ1n) is 8.13. The van der Waals surface area contributed by atoms with Crippen molar-refractivity contribution in [1.82, 2.24) is 15.1 Å². The molecule has 136 valence electrons. The Balaban J connectivity index is 2.23. The summed E-state index contributed by atoms with van der Waals surface area (Å²) in [5, 5.41) is 2.56. The fourth-order valence-electron chi connectivity index (χ4n) is 2.71. The molecule has 2 aliphatic heterocycles. The van der Waals surface area contributed by atoms with Gasteiger partial charge in [-0.25, -0.2) is 4.79 Å². The molecule has 1 unspecified atom stereocenters. The lowest BCUT2D eigenvalue weighted by atomic mass is 10.1. The summed E-state index contributed by atoms with van der Waals surface area (Å²) in [6.45, 7) is 9.69. The molecule has 2 heterocycles. The monoisotopic (exact) mass is 365 g/mol. The van der Waals surface area contributed by atoms with Gasteiger partial charge in [0.1, 0.15) is 11.2 Å². The Morgan fingerprint density at radius 2 is 2.12 bits per heavy atom. The van der Waals surface area contributed by atoms with Crippen LogP contribution >= 0.6 is 12.2 Å². The predicted octanol–water partition coefficient (Wildman–Crippen LogP) is 1.74. The molecule has 1 N–H and O–H groups in total. The molecule has 0 bridgehead atoms. The molecular formula is C17H23N3O4S. The first-order valence-corrected chi connectivity index (χ1v) is 8.54. The first-order chi connectivity index (χ1) is 11.6. The van der Waals surface area contributed by atoms with Crippen LogP contribution in [0.15, 0.2) is 24.3 Å². The minimum atomic E-state index is -0.609. The Labute approximate surface area is 152 Å². The number of hydrogen-bond donors (Lipinski definition) is 1. The van der Waals surface area contributed by atoms with Gasteiger partial charge >= 0.3 is 6.09 Å². The van der Waals surface area contributed by atoms with Gasteiger partial charge in [0.25, 0.3) is 11.8 Å². The summed E-state index contributed by atoms with van der Waals surface area (Å²) < 4.78 is 5.40. The second kappa shape index (κ2) is 7.35. The van der Waals surface area contributed by atoms with E-state index in [0.717, 1.165) is 6.42 Å². The maximum Gasteiger partial charge on any atom is 0.410 e. The smallest absolute Gasteiger partial charge is 0.410 e. The first kappa shape index (κ1) is 19.1. The minimum Gasteiger partial charge on any atom is -0.444 e. The van der Waals surface area contributed by atoms with Crippen LogP contribution in [0, 0.1) is 0 Å². The second-order valence-electron chi connectivity index (χ2n) is 6.93. The molecule has 25 heavy (non-hydrogen) atoms. The minimum absolute atomic E-state index is 0.0177. The molecule has 7 nitrogen and oxygen atoms in total. The van der Waals surface area contributed by atoms with E-state index in [1.807, 2.05) is 0 Å². The van der Waals surface area contributed by atoms with E-state index in [0.29, 0.717) is 13.0 Å². The van der Waals surface area contributed by atoms with Gasteiger partial charge in [-0.2, -0.15) is 0 Å². The van der Waals surface area contributed by atoms with E-state index in [1.165, 1.54) is 17.1 Å². The molecule has 2 rings (SSSR count). The third-order valence-electron chi connectivity index (χ3n) is 3.78. The normalized spacial score (nSPS) is 23.1. The van der Waals surface area contributed by atoms with Gasteiger partial charge < -0.3 is 9.64 Å². The number of amides is 3. The largest absolute Gasteiger partial charge is 0.444 e. The van der Waals surface area contributed by atoms with E-state index in [9.17, 15) is 14.4 Å². The highest BCUT2D eigenvalue weighted by molar-refractivity contribution is 7.80. The molecule has 0 radical (unpaired) electrons. The Morgan fingerprint density at radius 1 is 1.44 bits per heavy atom. The quantitative estimate of drug-likeness (QED) is 0.357. The van der Waals surface area contributed by atoms with E-state index in [1.54, 1.807) is 25.7 Å². The number of nitrogens with one attached hydrogen (secondary N) is 1. The van der Waals surface area contributed by atoms with Crippen LogP contribution in [0.3, 0.4) is 0 Å². The van der Waals surface area contributed by atoms with Crippen molar-refractivity contribution >= 4 is 35.2 Å². The van der Waals surface area contributed by atoms with Crippen LogP contribution in [-0.4, -0.2) is 57.6 Å². The topological polar surface area (TPSA) is 79.0 Å². The Hall–Kier alpha value is -2.22. The zero-order valence-corrected chi connectivity index (χ0v) is 15.5. The van der Waals surface area contributed by atoms with Crippen LogP contribution in [0.2, 0.25) is 0 Å². The van der Waals surface area contributed by atoms with Gasteiger partial charge in [0.05, 0.1) is 6.04 Å². The Morgan fingerprint density at radius 3 is 2.72 bits per heavy atom. The van der Waals surface area contributed by atoms with E-state index in [-0.39, 0.29) is 23.3 Å². The number of nitrogens with zero attached hydrogens (tertiary/aromatic N) is 2. The lowest BCUT2D eigenvalue weighted by Crippen LogP contribution is -2.54. The predicted molar refractivity (Wildman–Crippen MR) is 96.7 cm³/mol. The molecule has 0 aromatic rings. The molecule has 3 amide bonds. The molecule has 0 saturated carbocycles. The third-order valence-corrected chi connectivity index (χ3v) is 4.11. The zero-order chi connectivity index (χ0) is 18.8. The fourth-order valence-corrected chi connectivity index (χ4v) is 2.96. The van der Waals surface area contributed by atoms with Crippen molar-refractivity contribution in [2.75, 3.05) is 13.1 Å². The Kier molecular flexibility index (Phi) is 5.62. The molecule has 2 saturated heterocycles. The molecule has 0 spiro atoms. The molecule has 0 aromatic heterocycles. The number of rotatable bonds is 3. The lowest BCUT2D eigenvalue weighted by molar-refractivity contribution is -0.128. The summed E-state index contributed by atoms with van der Waals surface area (Å²) in [6, 6.07) is -0.364. The third kappa shape index (κ3) is 4.45. The summed E-state index contributed by atoms with van der Waals surface area (Å²) in [5.41, 5.74) is -0.626. The van der Waals surface area contributed by atoms with Crippen LogP contribution in [0.4, 0.5) is 4.79 Å². The van der Waals surface area contributed by atoms with Gasteiger partial charge in [0.2, 0.25) is 0 Å². The molecule has 8 heteroatoms. The average Bonchev–Trinajstić information content (AvgIpc) is 2.94. The molecule has 2 aliphatic rings. The van der Waals surface area contributed by atoms with Crippen molar-refractivity contribution in [2.24, 2.45) is 0 Å². The van der Waals surface area contributed by atoms with Crippen LogP contribution in [-0.2, 0) is 14.3 Å². The molecule has 0 aromatic carbocycles. The number of carbonyl (C=O) groups is 3. The van der Waals surface area contributed by atoms with Crippen molar-refractivity contribution in [2.45, 2.75) is 45.3 Å². The summed E-state index contributed by atoms with van der Waals surface area (Å²) in [6.07, 6.45) is 4.05. The molecular weight excluding hydrogens is 342 g/mol. The van der Waals surface area contributed by atoms with Crippen molar-refractivity contribution < 1.29 is 19.1 Å². The number of thiocarbonyl (C=S) groups is 1. The zero-order valence-electron chi connectivity index (χ0n) is 14.7. The van der Waals surface area contributed by atoms with Gasteiger partial charge in [-0.3, -0.25) is 19.8 Å². The van der Waals surface area contributed by atoms with Gasteiger partial charge in [-0.1, -0.05) is 6.08 Å². The molecule has 0 aliphatic carbocycles. The number of likely N-dealkylation sites (tertiary alicyclic amines) is 1. The van der Waals surface area contributed by atoms with E-state index in [2.05, 4.69) is 11.9 Å². The summed E-state index contributed by atoms with van der Waals surface area (Å²) in [4.78, 5) is 39.9. The lowest BCUT2D eigenvalue weighted by Gasteiger charge is -2.30. The van der Waals surface area contributed by atoms with E-state index >= 15 is 0 Å². The van der Waals surface area contributed by atoms with Crippen LogP contribution in [0.5, 0.6) is 0 Å². The van der Waals surface area contributed by atoms with Crippen molar-refractivity contribution in [3.05, 3.63) is 24.3 Å². The molecule has 1 atom stereocenters. The van der Waals surface area contributed by atoms with E-state index < -0.39 is 23.5 Å². The summed E-state index contributed by atoms with van der Waals surface area (Å²) in [7, 11) is 0. The van der Waals surface area contributed by atoms with E-state index in [4.69, 9.17) is 17.0 Å². The van der Waals surface area contributed by atoms with Crippen molar-refractivity contribution in [1.29, 1.82) is 0 Å². The standard InChI is InChI=1S/C17H23N3O4S/c1-5-8-20-14(22)12(13(21)18-15(20)25)10-11-7-6-9-19(11)16(23)24-17(2,3)4/h5,10-11H,1,6-9H2,2-4H3,(H,18,21,25)/b12-10+.